The number of aromatic nitrogens is 5. The molecule has 146 valence electrons. The van der Waals surface area contributed by atoms with E-state index in [2.05, 4.69) is 20.6 Å². The zero-order valence-electron chi connectivity index (χ0n) is 14.5. The molecule has 1 N–H and O–H groups in total. The molecule has 2 aromatic heterocycles. The predicted molar refractivity (Wildman–Crippen MR) is 95.9 cm³/mol. The Balaban J connectivity index is 1.61. The Bertz CT molecular complexity index is 1300. The number of nitrogens with zero attached hydrogens (tertiary/aromatic N) is 5. The van der Waals surface area contributed by atoms with Crippen LogP contribution in [0.25, 0.3) is 16.9 Å². The first-order valence-corrected chi connectivity index (χ1v) is 8.24. The third-order valence-electron chi connectivity index (χ3n) is 4.00. The summed E-state index contributed by atoms with van der Waals surface area (Å²) in [5, 5.41) is 9.82. The summed E-state index contributed by atoms with van der Waals surface area (Å²) in [5.41, 5.74) is -0.607. The van der Waals surface area contributed by atoms with Gasteiger partial charge in [-0.15, -0.1) is 5.10 Å². The van der Waals surface area contributed by atoms with E-state index in [0.717, 1.165) is 23.0 Å². The maximum absolute atomic E-state index is 13.6. The molecule has 0 bridgehead atoms. The maximum Gasteiger partial charge on any atom is 0.284 e. The highest BCUT2D eigenvalue weighted by Gasteiger charge is 2.16. The van der Waals surface area contributed by atoms with Crippen LogP contribution in [0.5, 0.6) is 0 Å². The second-order valence-corrected chi connectivity index (χ2v) is 6.00. The molecule has 11 heteroatoms. The Labute approximate surface area is 160 Å². The molecule has 0 fully saturated rings. The largest absolute Gasteiger partial charge is 0.322 e. The van der Waals surface area contributed by atoms with Crippen LogP contribution >= 0.6 is 0 Å². The van der Waals surface area contributed by atoms with Crippen molar-refractivity contribution in [1.82, 2.24) is 24.5 Å². The zero-order valence-corrected chi connectivity index (χ0v) is 14.5. The van der Waals surface area contributed by atoms with Crippen LogP contribution in [0.4, 0.5) is 18.9 Å². The van der Waals surface area contributed by atoms with Crippen LogP contribution in [-0.2, 0) is 11.3 Å². The van der Waals surface area contributed by atoms with E-state index in [1.54, 1.807) is 6.07 Å². The summed E-state index contributed by atoms with van der Waals surface area (Å²) in [4.78, 5) is 28.8. The number of nitrogens with one attached hydrogen (secondary N) is 1. The van der Waals surface area contributed by atoms with E-state index < -0.39 is 35.5 Å². The fraction of sp³-hybridized carbons (Fsp3) is 0.0556. The molecule has 4 rings (SSSR count). The predicted octanol–water partition coefficient (Wildman–Crippen LogP) is 2.03. The van der Waals surface area contributed by atoms with Gasteiger partial charge in [-0.25, -0.2) is 18.2 Å². The van der Waals surface area contributed by atoms with Gasteiger partial charge in [-0.1, -0.05) is 11.3 Å². The van der Waals surface area contributed by atoms with Crippen LogP contribution in [0.15, 0.2) is 53.6 Å². The molecule has 2 heterocycles. The van der Waals surface area contributed by atoms with E-state index in [1.165, 1.54) is 22.9 Å². The first kappa shape index (κ1) is 18.3. The second-order valence-electron chi connectivity index (χ2n) is 6.00. The monoisotopic (exact) mass is 400 g/mol. The molecule has 8 nitrogen and oxygen atoms in total. The fourth-order valence-corrected chi connectivity index (χ4v) is 2.67. The van der Waals surface area contributed by atoms with E-state index in [4.69, 9.17) is 0 Å². The molecular weight excluding hydrogens is 389 g/mol. The van der Waals surface area contributed by atoms with Crippen molar-refractivity contribution in [2.24, 2.45) is 0 Å². The van der Waals surface area contributed by atoms with Crippen molar-refractivity contribution in [2.45, 2.75) is 6.54 Å². The fourth-order valence-electron chi connectivity index (χ4n) is 2.67. The highest BCUT2D eigenvalue weighted by Crippen LogP contribution is 2.15. The Morgan fingerprint density at radius 1 is 1.07 bits per heavy atom. The number of fused-ring (bicyclic) bond motifs is 1. The Kier molecular flexibility index (Phi) is 4.55. The normalized spacial score (nSPS) is 11.0. The lowest BCUT2D eigenvalue weighted by molar-refractivity contribution is -0.116. The van der Waals surface area contributed by atoms with Crippen molar-refractivity contribution in [3.63, 3.8) is 0 Å². The summed E-state index contributed by atoms with van der Waals surface area (Å²) in [5.74, 6) is -2.95. The molecule has 1 amide bonds. The van der Waals surface area contributed by atoms with Gasteiger partial charge in [0.15, 0.2) is 11.2 Å². The summed E-state index contributed by atoms with van der Waals surface area (Å²) in [6.07, 6.45) is 1.10. The van der Waals surface area contributed by atoms with Gasteiger partial charge in [-0.2, -0.15) is 4.68 Å². The lowest BCUT2D eigenvalue weighted by atomic mass is 10.3. The molecule has 29 heavy (non-hydrogen) atoms. The Morgan fingerprint density at radius 3 is 2.62 bits per heavy atom. The molecule has 0 saturated carbocycles. The topological polar surface area (TPSA) is 94.7 Å². The highest BCUT2D eigenvalue weighted by atomic mass is 19.1. The van der Waals surface area contributed by atoms with E-state index in [9.17, 15) is 22.8 Å². The molecule has 2 aromatic carbocycles. The van der Waals surface area contributed by atoms with Gasteiger partial charge < -0.3 is 5.32 Å². The van der Waals surface area contributed by atoms with E-state index in [0.29, 0.717) is 11.8 Å². The Hall–Kier alpha value is -4.02. The molecule has 0 spiro atoms. The van der Waals surface area contributed by atoms with Gasteiger partial charge in [-0.05, 0) is 30.3 Å². The quantitative estimate of drug-likeness (QED) is 0.566. The molecule has 0 aliphatic carbocycles. The minimum absolute atomic E-state index is 0.0850. The van der Waals surface area contributed by atoms with Crippen molar-refractivity contribution in [3.05, 3.63) is 76.6 Å². The second kappa shape index (κ2) is 7.19. The van der Waals surface area contributed by atoms with Crippen molar-refractivity contribution >= 4 is 22.8 Å². The summed E-state index contributed by atoms with van der Waals surface area (Å²) in [6.45, 7) is -0.481. The van der Waals surface area contributed by atoms with Gasteiger partial charge in [0.2, 0.25) is 5.91 Å². The number of hydrogen-bond acceptors (Lipinski definition) is 5. The summed E-state index contributed by atoms with van der Waals surface area (Å²) in [7, 11) is 0. The van der Waals surface area contributed by atoms with Crippen LogP contribution in [0.2, 0.25) is 0 Å². The lowest BCUT2D eigenvalue weighted by Gasteiger charge is -2.08. The van der Waals surface area contributed by atoms with Gasteiger partial charge in [0, 0.05) is 6.07 Å². The Morgan fingerprint density at radius 2 is 1.86 bits per heavy atom. The van der Waals surface area contributed by atoms with Gasteiger partial charge in [0.1, 0.15) is 30.3 Å². The SMILES string of the molecule is O=C(Cn1cnc2c(nnn2-c2cccc(F)c2)c1=O)Nc1ccc(F)cc1F. The van der Waals surface area contributed by atoms with Gasteiger partial charge in [-0.3, -0.25) is 14.2 Å². The average molecular weight is 400 g/mol. The molecule has 0 radical (unpaired) electrons. The van der Waals surface area contributed by atoms with E-state index in [-0.39, 0.29) is 16.9 Å². The van der Waals surface area contributed by atoms with Crippen LogP contribution < -0.4 is 10.9 Å². The number of anilines is 1. The molecule has 0 aliphatic heterocycles. The van der Waals surface area contributed by atoms with Gasteiger partial charge in [0.25, 0.3) is 5.56 Å². The number of carbonyl (C=O) groups excluding carboxylic acids is 1. The lowest BCUT2D eigenvalue weighted by Crippen LogP contribution is -2.28. The third-order valence-corrected chi connectivity index (χ3v) is 4.00. The molecule has 4 aromatic rings. The first-order valence-electron chi connectivity index (χ1n) is 8.24. The molecule has 0 aliphatic rings. The smallest absolute Gasteiger partial charge is 0.284 e. The molecule has 0 unspecified atom stereocenters. The van der Waals surface area contributed by atoms with Crippen molar-refractivity contribution in [1.29, 1.82) is 0 Å². The minimum Gasteiger partial charge on any atom is -0.322 e. The van der Waals surface area contributed by atoms with Gasteiger partial charge >= 0.3 is 0 Å². The van der Waals surface area contributed by atoms with Crippen LogP contribution in [0.1, 0.15) is 0 Å². The number of benzene rings is 2. The maximum atomic E-state index is 13.6. The number of hydrogen-bond donors (Lipinski definition) is 1. The molecular formula is C18H11F3N6O2. The van der Waals surface area contributed by atoms with Crippen LogP contribution in [-0.4, -0.2) is 30.5 Å². The van der Waals surface area contributed by atoms with Crippen molar-refractivity contribution in [3.8, 4) is 5.69 Å². The minimum atomic E-state index is -0.947. The van der Waals surface area contributed by atoms with Crippen molar-refractivity contribution < 1.29 is 18.0 Å². The number of carbonyl (C=O) groups is 1. The summed E-state index contributed by atoms with van der Waals surface area (Å²) in [6, 6.07) is 8.17. The van der Waals surface area contributed by atoms with E-state index in [1.807, 2.05) is 0 Å². The number of halogens is 3. The summed E-state index contributed by atoms with van der Waals surface area (Å²) < 4.78 is 42.2. The first-order chi connectivity index (χ1) is 13.9. The molecule has 0 atom stereocenters. The highest BCUT2D eigenvalue weighted by molar-refractivity contribution is 5.90. The number of rotatable bonds is 4. The van der Waals surface area contributed by atoms with Crippen molar-refractivity contribution in [2.75, 3.05) is 5.32 Å². The van der Waals surface area contributed by atoms with Gasteiger partial charge in [0.05, 0.1) is 11.4 Å². The molecule has 0 saturated heterocycles. The standard InChI is InChI=1S/C18H11F3N6O2/c19-10-2-1-3-12(6-10)27-17-16(24-25-27)18(29)26(9-22-17)8-15(28)23-14-5-4-11(20)7-13(14)21/h1-7,9H,8H2,(H,23,28). The summed E-state index contributed by atoms with van der Waals surface area (Å²) >= 11 is 0. The third kappa shape index (κ3) is 3.57. The average Bonchev–Trinajstić information content (AvgIpc) is 3.11. The number of amides is 1. The van der Waals surface area contributed by atoms with E-state index >= 15 is 0 Å². The van der Waals surface area contributed by atoms with Crippen LogP contribution in [0, 0.1) is 17.5 Å². The van der Waals surface area contributed by atoms with Crippen LogP contribution in [0.3, 0.4) is 0 Å². The zero-order chi connectivity index (χ0) is 20.5.